The maximum atomic E-state index is 13.2. The van der Waals surface area contributed by atoms with Crippen molar-refractivity contribution in [3.05, 3.63) is 34.1 Å². The molecule has 1 aromatic rings. The second kappa shape index (κ2) is 8.80. The molecular weight excluding hydrogens is 339 g/mol. The predicted molar refractivity (Wildman–Crippen MR) is 83.7 cm³/mol. The van der Waals surface area contributed by atoms with E-state index < -0.39 is 0 Å². The smallest absolute Gasteiger partial charge is 0.137 e. The van der Waals surface area contributed by atoms with E-state index in [1.807, 2.05) is 12.1 Å². The molecule has 0 unspecified atom stereocenters. The summed E-state index contributed by atoms with van der Waals surface area (Å²) in [6.45, 7) is 7.00. The Balaban J connectivity index is 1.70. The van der Waals surface area contributed by atoms with Gasteiger partial charge in [-0.3, -0.25) is 9.80 Å². The van der Waals surface area contributed by atoms with E-state index in [1.54, 1.807) is 0 Å². The van der Waals surface area contributed by atoms with Crippen molar-refractivity contribution in [2.45, 2.75) is 6.54 Å². The van der Waals surface area contributed by atoms with E-state index in [4.69, 9.17) is 9.84 Å². The van der Waals surface area contributed by atoms with E-state index in [1.165, 1.54) is 6.07 Å². The zero-order chi connectivity index (χ0) is 15.1. The topological polar surface area (TPSA) is 35.9 Å². The first kappa shape index (κ1) is 16.8. The third kappa shape index (κ3) is 5.64. The monoisotopic (exact) mass is 360 g/mol. The molecule has 0 atom stereocenters. The van der Waals surface area contributed by atoms with Crippen LogP contribution in [0.1, 0.15) is 5.56 Å². The van der Waals surface area contributed by atoms with E-state index in [-0.39, 0.29) is 12.4 Å². The zero-order valence-electron chi connectivity index (χ0n) is 12.1. The third-order valence-electron chi connectivity index (χ3n) is 3.64. The first-order valence-electron chi connectivity index (χ1n) is 7.26. The minimum absolute atomic E-state index is 0.0843. The van der Waals surface area contributed by atoms with Gasteiger partial charge in [0.25, 0.3) is 0 Å². The van der Waals surface area contributed by atoms with E-state index >= 15 is 0 Å². The summed E-state index contributed by atoms with van der Waals surface area (Å²) in [6.07, 6.45) is 0. The second-order valence-electron chi connectivity index (χ2n) is 5.20. The number of rotatable bonds is 7. The largest absolute Gasteiger partial charge is 0.394 e. The van der Waals surface area contributed by atoms with Gasteiger partial charge in [0, 0.05) is 39.3 Å². The Morgan fingerprint density at radius 3 is 2.52 bits per heavy atom. The molecule has 0 spiro atoms. The minimum atomic E-state index is -0.216. The van der Waals surface area contributed by atoms with Gasteiger partial charge in [0.1, 0.15) is 5.82 Å². The van der Waals surface area contributed by atoms with Crippen molar-refractivity contribution in [1.29, 1.82) is 0 Å². The highest BCUT2D eigenvalue weighted by Crippen LogP contribution is 2.18. The molecule has 2 rings (SSSR count). The molecule has 0 radical (unpaired) electrons. The molecule has 0 amide bonds. The van der Waals surface area contributed by atoms with Gasteiger partial charge in [-0.05, 0) is 33.6 Å². The number of benzene rings is 1. The van der Waals surface area contributed by atoms with Gasteiger partial charge < -0.3 is 9.84 Å². The third-order valence-corrected chi connectivity index (χ3v) is 4.25. The molecule has 1 N–H and O–H groups in total. The highest BCUT2D eigenvalue weighted by atomic mass is 79.9. The molecule has 0 aliphatic carbocycles. The van der Waals surface area contributed by atoms with Crippen LogP contribution in [0.4, 0.5) is 4.39 Å². The van der Waals surface area contributed by atoms with Crippen LogP contribution in [0.25, 0.3) is 0 Å². The van der Waals surface area contributed by atoms with Crippen molar-refractivity contribution in [3.63, 3.8) is 0 Å². The van der Waals surface area contributed by atoms with Crippen molar-refractivity contribution in [2.24, 2.45) is 0 Å². The van der Waals surface area contributed by atoms with Crippen LogP contribution in [0.3, 0.4) is 0 Å². The Labute approximate surface area is 133 Å². The van der Waals surface area contributed by atoms with E-state index in [0.29, 0.717) is 17.7 Å². The van der Waals surface area contributed by atoms with E-state index in [9.17, 15) is 4.39 Å². The van der Waals surface area contributed by atoms with Crippen LogP contribution in [-0.2, 0) is 11.3 Å². The van der Waals surface area contributed by atoms with Crippen molar-refractivity contribution in [3.8, 4) is 0 Å². The molecule has 0 bridgehead atoms. The van der Waals surface area contributed by atoms with Crippen LogP contribution in [0.15, 0.2) is 22.7 Å². The van der Waals surface area contributed by atoms with Crippen LogP contribution in [-0.4, -0.2) is 67.5 Å². The van der Waals surface area contributed by atoms with Crippen LogP contribution in [0, 0.1) is 5.82 Å². The van der Waals surface area contributed by atoms with Crippen LogP contribution < -0.4 is 0 Å². The van der Waals surface area contributed by atoms with Gasteiger partial charge >= 0.3 is 0 Å². The summed E-state index contributed by atoms with van der Waals surface area (Å²) in [4.78, 5) is 4.75. The average Bonchev–Trinajstić information content (AvgIpc) is 2.49. The maximum absolute atomic E-state index is 13.2. The Bertz CT molecular complexity index is 440. The summed E-state index contributed by atoms with van der Waals surface area (Å²) in [5, 5.41) is 8.64. The van der Waals surface area contributed by atoms with Crippen molar-refractivity contribution in [2.75, 3.05) is 52.5 Å². The lowest BCUT2D eigenvalue weighted by Gasteiger charge is -2.34. The lowest BCUT2D eigenvalue weighted by atomic mass is 10.2. The molecule has 1 aromatic carbocycles. The number of piperazine rings is 1. The Morgan fingerprint density at radius 1 is 1.14 bits per heavy atom. The number of hydrogen-bond donors (Lipinski definition) is 1. The van der Waals surface area contributed by atoms with Crippen LogP contribution in [0.2, 0.25) is 0 Å². The lowest BCUT2D eigenvalue weighted by Crippen LogP contribution is -2.46. The van der Waals surface area contributed by atoms with Crippen LogP contribution in [0.5, 0.6) is 0 Å². The molecule has 21 heavy (non-hydrogen) atoms. The number of hydrogen-bond acceptors (Lipinski definition) is 4. The SMILES string of the molecule is OCCOCCN1CCN(Cc2ccc(F)c(Br)c2)CC1. The van der Waals surface area contributed by atoms with Gasteiger partial charge in [-0.2, -0.15) is 0 Å². The number of aliphatic hydroxyl groups is 1. The number of aliphatic hydroxyl groups excluding tert-OH is 1. The standard InChI is InChI=1S/C15H22BrFN2O2/c16-14-11-13(1-2-15(14)17)12-19-5-3-18(4-6-19)7-9-21-10-8-20/h1-2,11,20H,3-10,12H2. The molecule has 0 aromatic heterocycles. The molecule has 4 nitrogen and oxygen atoms in total. The minimum Gasteiger partial charge on any atom is -0.394 e. The summed E-state index contributed by atoms with van der Waals surface area (Å²) < 4.78 is 19.0. The predicted octanol–water partition coefficient (Wildman–Crippen LogP) is 1.71. The highest BCUT2D eigenvalue weighted by Gasteiger charge is 2.16. The van der Waals surface area contributed by atoms with Gasteiger partial charge in [-0.25, -0.2) is 4.39 Å². The Hall–Kier alpha value is -0.530. The van der Waals surface area contributed by atoms with Crippen molar-refractivity contribution in [1.82, 2.24) is 9.80 Å². The van der Waals surface area contributed by atoms with Crippen molar-refractivity contribution < 1.29 is 14.2 Å². The quantitative estimate of drug-likeness (QED) is 0.751. The molecule has 1 saturated heterocycles. The van der Waals surface area contributed by atoms with Crippen molar-refractivity contribution >= 4 is 15.9 Å². The summed E-state index contributed by atoms with van der Waals surface area (Å²) in [7, 11) is 0. The summed E-state index contributed by atoms with van der Waals surface area (Å²) in [5.74, 6) is -0.216. The first-order chi connectivity index (χ1) is 10.2. The second-order valence-corrected chi connectivity index (χ2v) is 6.06. The molecular formula is C15H22BrFN2O2. The summed E-state index contributed by atoms with van der Waals surface area (Å²) >= 11 is 3.23. The van der Waals surface area contributed by atoms with Crippen LogP contribution >= 0.6 is 15.9 Å². The van der Waals surface area contributed by atoms with Gasteiger partial charge in [0.15, 0.2) is 0 Å². The molecule has 1 aliphatic heterocycles. The number of ether oxygens (including phenoxy) is 1. The number of nitrogens with zero attached hydrogens (tertiary/aromatic N) is 2. The zero-order valence-corrected chi connectivity index (χ0v) is 13.7. The summed E-state index contributed by atoms with van der Waals surface area (Å²) in [6, 6.07) is 5.20. The fourth-order valence-corrected chi connectivity index (χ4v) is 2.85. The Kier molecular flexibility index (Phi) is 7.06. The average molecular weight is 361 g/mol. The fraction of sp³-hybridized carbons (Fsp3) is 0.600. The maximum Gasteiger partial charge on any atom is 0.137 e. The number of halogens is 2. The fourth-order valence-electron chi connectivity index (χ4n) is 2.43. The molecule has 6 heteroatoms. The first-order valence-corrected chi connectivity index (χ1v) is 8.05. The molecule has 0 saturated carbocycles. The van der Waals surface area contributed by atoms with Gasteiger partial charge in [0.05, 0.1) is 24.3 Å². The lowest BCUT2D eigenvalue weighted by molar-refractivity contribution is 0.0564. The normalized spacial score (nSPS) is 17.3. The molecule has 118 valence electrons. The van der Waals surface area contributed by atoms with E-state index in [0.717, 1.165) is 44.8 Å². The Morgan fingerprint density at radius 2 is 1.86 bits per heavy atom. The van der Waals surface area contributed by atoms with E-state index in [2.05, 4.69) is 25.7 Å². The van der Waals surface area contributed by atoms with Gasteiger partial charge in [-0.15, -0.1) is 0 Å². The molecule has 1 aliphatic rings. The highest BCUT2D eigenvalue weighted by molar-refractivity contribution is 9.10. The molecule has 1 fully saturated rings. The van der Waals surface area contributed by atoms with Gasteiger partial charge in [-0.1, -0.05) is 6.07 Å². The molecule has 1 heterocycles. The van der Waals surface area contributed by atoms with Gasteiger partial charge in [0.2, 0.25) is 0 Å². The summed E-state index contributed by atoms with van der Waals surface area (Å²) in [5.41, 5.74) is 1.13.